The molecule has 6 heteroatoms. The van der Waals surface area contributed by atoms with Crippen LogP contribution in [0.1, 0.15) is 16.8 Å². The van der Waals surface area contributed by atoms with Gasteiger partial charge in [0.25, 0.3) is 0 Å². The predicted octanol–water partition coefficient (Wildman–Crippen LogP) is 1.22. The van der Waals surface area contributed by atoms with Crippen LogP contribution in [0.25, 0.3) is 0 Å². The third kappa shape index (κ3) is 2.68. The van der Waals surface area contributed by atoms with Crippen molar-refractivity contribution in [1.29, 1.82) is 0 Å². The van der Waals surface area contributed by atoms with E-state index in [0.29, 0.717) is 18.3 Å². The van der Waals surface area contributed by atoms with Crippen molar-refractivity contribution in [3.05, 3.63) is 22.8 Å². The van der Waals surface area contributed by atoms with Crippen molar-refractivity contribution in [3.63, 3.8) is 0 Å². The van der Waals surface area contributed by atoms with Crippen LogP contribution in [0, 0.1) is 5.92 Å². The Morgan fingerprint density at radius 3 is 3.00 bits per heavy atom. The summed E-state index contributed by atoms with van der Waals surface area (Å²) in [5.74, 6) is 0.0695. The van der Waals surface area contributed by atoms with E-state index in [4.69, 9.17) is 22.4 Å². The molecule has 1 aliphatic rings. The summed E-state index contributed by atoms with van der Waals surface area (Å²) in [6.45, 7) is 2.29. The largest absolute Gasteiger partial charge is 0.478 e. The maximum absolute atomic E-state index is 10.9. The molecule has 0 amide bonds. The van der Waals surface area contributed by atoms with E-state index in [-0.39, 0.29) is 10.7 Å². The number of carboxylic acid groups (broad SMARTS) is 1. The molecule has 0 bridgehead atoms. The minimum absolute atomic E-state index is 0.163. The highest BCUT2D eigenvalue weighted by molar-refractivity contribution is 6.29. The fourth-order valence-electron chi connectivity index (χ4n) is 2.00. The topological polar surface area (TPSA) is 79.5 Å². The highest BCUT2D eigenvalue weighted by Gasteiger charge is 2.23. The van der Waals surface area contributed by atoms with Gasteiger partial charge < -0.3 is 15.7 Å². The molecular weight excluding hydrogens is 242 g/mol. The van der Waals surface area contributed by atoms with Crippen LogP contribution < -0.4 is 10.6 Å². The standard InChI is InChI=1S/C11H14ClN3O2/c12-9-3-8(11(16)17)4-10(14-9)15-2-1-7(5-13)6-15/h3-4,7H,1-2,5-6,13H2,(H,16,17). The van der Waals surface area contributed by atoms with E-state index < -0.39 is 5.97 Å². The maximum Gasteiger partial charge on any atom is 0.335 e. The first-order chi connectivity index (χ1) is 8.10. The summed E-state index contributed by atoms with van der Waals surface area (Å²) in [7, 11) is 0. The lowest BCUT2D eigenvalue weighted by Crippen LogP contribution is -2.23. The van der Waals surface area contributed by atoms with Gasteiger partial charge in [-0.3, -0.25) is 0 Å². The number of hydrogen-bond acceptors (Lipinski definition) is 4. The predicted molar refractivity (Wildman–Crippen MR) is 65.6 cm³/mol. The fourth-order valence-corrected chi connectivity index (χ4v) is 2.21. The Kier molecular flexibility index (Phi) is 3.49. The number of halogens is 1. The highest BCUT2D eigenvalue weighted by Crippen LogP contribution is 2.24. The van der Waals surface area contributed by atoms with E-state index in [0.717, 1.165) is 19.5 Å². The molecule has 0 spiro atoms. The van der Waals surface area contributed by atoms with Crippen LogP contribution in [0.2, 0.25) is 5.15 Å². The average molecular weight is 256 g/mol. The zero-order valence-corrected chi connectivity index (χ0v) is 10.0. The summed E-state index contributed by atoms with van der Waals surface area (Å²) in [6, 6.07) is 2.90. The Morgan fingerprint density at radius 1 is 1.65 bits per heavy atom. The zero-order valence-electron chi connectivity index (χ0n) is 9.27. The fraction of sp³-hybridized carbons (Fsp3) is 0.455. The first-order valence-corrected chi connectivity index (χ1v) is 5.84. The van der Waals surface area contributed by atoms with Crippen molar-refractivity contribution in [2.24, 2.45) is 11.7 Å². The Bertz CT molecular complexity index is 439. The Hall–Kier alpha value is -1.33. The van der Waals surface area contributed by atoms with Crippen molar-refractivity contribution in [2.75, 3.05) is 24.5 Å². The second kappa shape index (κ2) is 4.89. The van der Waals surface area contributed by atoms with Gasteiger partial charge in [-0.2, -0.15) is 0 Å². The van der Waals surface area contributed by atoms with E-state index in [2.05, 4.69) is 4.98 Å². The summed E-state index contributed by atoms with van der Waals surface area (Å²) >= 11 is 5.82. The lowest BCUT2D eigenvalue weighted by Gasteiger charge is -2.17. The van der Waals surface area contributed by atoms with E-state index in [1.165, 1.54) is 6.07 Å². The second-order valence-electron chi connectivity index (χ2n) is 4.18. The SMILES string of the molecule is NCC1CCN(c2cc(C(=O)O)cc(Cl)n2)C1. The molecule has 0 radical (unpaired) electrons. The number of hydrogen-bond donors (Lipinski definition) is 2. The van der Waals surface area contributed by atoms with Gasteiger partial charge in [-0.25, -0.2) is 9.78 Å². The van der Waals surface area contributed by atoms with Crippen molar-refractivity contribution in [2.45, 2.75) is 6.42 Å². The zero-order chi connectivity index (χ0) is 12.4. The summed E-state index contributed by atoms with van der Waals surface area (Å²) in [6.07, 6.45) is 1.01. The number of nitrogens with two attached hydrogens (primary N) is 1. The van der Waals surface area contributed by atoms with Crippen LogP contribution in [0.4, 0.5) is 5.82 Å². The normalized spacial score (nSPS) is 19.6. The number of pyridine rings is 1. The quantitative estimate of drug-likeness (QED) is 0.794. The van der Waals surface area contributed by atoms with Crippen LogP contribution in [0.15, 0.2) is 12.1 Å². The Labute approximate surface area is 104 Å². The lowest BCUT2D eigenvalue weighted by atomic mass is 10.1. The number of nitrogens with zero attached hydrogens (tertiary/aromatic N) is 2. The molecule has 1 aromatic rings. The van der Waals surface area contributed by atoms with Crippen LogP contribution in [-0.4, -0.2) is 35.7 Å². The smallest absolute Gasteiger partial charge is 0.335 e. The molecule has 5 nitrogen and oxygen atoms in total. The van der Waals surface area contributed by atoms with Crippen LogP contribution >= 0.6 is 11.6 Å². The van der Waals surface area contributed by atoms with Gasteiger partial charge in [-0.05, 0) is 31.0 Å². The maximum atomic E-state index is 10.9. The number of rotatable bonds is 3. The summed E-state index contributed by atoms with van der Waals surface area (Å²) < 4.78 is 0. The molecule has 1 aromatic heterocycles. The summed E-state index contributed by atoms with van der Waals surface area (Å²) in [5.41, 5.74) is 5.78. The molecule has 1 saturated heterocycles. The van der Waals surface area contributed by atoms with Crippen molar-refractivity contribution in [1.82, 2.24) is 4.98 Å². The third-order valence-corrected chi connectivity index (χ3v) is 3.16. The van der Waals surface area contributed by atoms with Gasteiger partial charge in [0.2, 0.25) is 0 Å². The molecule has 1 aliphatic heterocycles. The van der Waals surface area contributed by atoms with Gasteiger partial charge in [0.1, 0.15) is 11.0 Å². The number of aromatic carboxylic acids is 1. The number of carbonyl (C=O) groups is 1. The first-order valence-electron chi connectivity index (χ1n) is 5.46. The second-order valence-corrected chi connectivity index (χ2v) is 4.57. The van der Waals surface area contributed by atoms with E-state index in [1.807, 2.05) is 4.90 Å². The molecule has 1 unspecified atom stereocenters. The van der Waals surface area contributed by atoms with E-state index in [1.54, 1.807) is 6.07 Å². The molecule has 17 heavy (non-hydrogen) atoms. The van der Waals surface area contributed by atoms with Crippen LogP contribution in [0.5, 0.6) is 0 Å². The minimum Gasteiger partial charge on any atom is -0.478 e. The molecule has 0 saturated carbocycles. The van der Waals surface area contributed by atoms with Gasteiger partial charge in [0.15, 0.2) is 0 Å². The third-order valence-electron chi connectivity index (χ3n) is 2.97. The number of aromatic nitrogens is 1. The highest BCUT2D eigenvalue weighted by atomic mass is 35.5. The van der Waals surface area contributed by atoms with Gasteiger partial charge in [-0.15, -0.1) is 0 Å². The molecule has 0 aliphatic carbocycles. The van der Waals surface area contributed by atoms with Gasteiger partial charge in [-0.1, -0.05) is 11.6 Å². The lowest BCUT2D eigenvalue weighted by molar-refractivity contribution is 0.0697. The summed E-state index contributed by atoms with van der Waals surface area (Å²) in [4.78, 5) is 17.1. The minimum atomic E-state index is -0.995. The molecule has 92 valence electrons. The molecule has 0 aromatic carbocycles. The number of anilines is 1. The average Bonchev–Trinajstić information content (AvgIpc) is 2.76. The monoisotopic (exact) mass is 255 g/mol. The van der Waals surface area contributed by atoms with Gasteiger partial charge >= 0.3 is 5.97 Å². The van der Waals surface area contributed by atoms with Crippen molar-refractivity contribution < 1.29 is 9.90 Å². The molecule has 1 atom stereocenters. The van der Waals surface area contributed by atoms with E-state index in [9.17, 15) is 4.79 Å². The van der Waals surface area contributed by atoms with Gasteiger partial charge in [0.05, 0.1) is 5.56 Å². The van der Waals surface area contributed by atoms with Crippen molar-refractivity contribution in [3.8, 4) is 0 Å². The van der Waals surface area contributed by atoms with Gasteiger partial charge in [0, 0.05) is 13.1 Å². The van der Waals surface area contributed by atoms with Crippen LogP contribution in [-0.2, 0) is 0 Å². The van der Waals surface area contributed by atoms with Crippen molar-refractivity contribution >= 4 is 23.4 Å². The Morgan fingerprint density at radius 2 is 2.41 bits per heavy atom. The molecular formula is C11H14ClN3O2. The molecule has 2 heterocycles. The van der Waals surface area contributed by atoms with Crippen LogP contribution in [0.3, 0.4) is 0 Å². The molecule has 2 rings (SSSR count). The number of carboxylic acids is 1. The first kappa shape index (κ1) is 12.1. The summed E-state index contributed by atoms with van der Waals surface area (Å²) in [5, 5.41) is 9.15. The molecule has 1 fully saturated rings. The van der Waals surface area contributed by atoms with E-state index >= 15 is 0 Å². The molecule has 3 N–H and O–H groups in total. The Balaban J connectivity index is 2.24.